The molecule has 0 saturated carbocycles. The van der Waals surface area contributed by atoms with Crippen LogP contribution in [-0.2, 0) is 6.42 Å². The second-order valence-corrected chi connectivity index (χ2v) is 4.42. The molecule has 1 aromatic carbocycles. The maximum absolute atomic E-state index is 5.58. The van der Waals surface area contributed by atoms with E-state index in [1.54, 1.807) is 7.11 Å². The molecular weight excluding hydrogens is 204 g/mol. The zero-order valence-corrected chi connectivity index (χ0v) is 10.1. The topological polar surface area (TPSA) is 27.7 Å². The first-order valence-corrected chi connectivity index (χ1v) is 5.67. The van der Waals surface area contributed by atoms with Gasteiger partial charge in [0.2, 0.25) is 5.75 Å². The maximum Gasteiger partial charge on any atom is 0.203 e. The highest BCUT2D eigenvalue weighted by Crippen LogP contribution is 2.40. The van der Waals surface area contributed by atoms with Gasteiger partial charge in [0.05, 0.1) is 7.11 Å². The first-order valence-electron chi connectivity index (χ1n) is 5.67. The van der Waals surface area contributed by atoms with E-state index >= 15 is 0 Å². The van der Waals surface area contributed by atoms with Crippen LogP contribution in [0.2, 0.25) is 0 Å². The number of hydrogen-bond acceptors (Lipinski definition) is 3. The molecular formula is C13H18O3. The highest BCUT2D eigenvalue weighted by atomic mass is 16.6. The highest BCUT2D eigenvalue weighted by Gasteiger charge is 2.18. The lowest BCUT2D eigenvalue weighted by atomic mass is 10.0. The van der Waals surface area contributed by atoms with Crippen molar-refractivity contribution in [3.8, 4) is 17.2 Å². The van der Waals surface area contributed by atoms with E-state index in [0.29, 0.717) is 19.1 Å². The zero-order chi connectivity index (χ0) is 11.5. The zero-order valence-electron chi connectivity index (χ0n) is 10.1. The number of fused-ring (bicyclic) bond motifs is 1. The molecule has 0 bridgehead atoms. The van der Waals surface area contributed by atoms with Crippen LogP contribution in [0, 0.1) is 5.92 Å². The number of ether oxygens (including phenoxy) is 3. The molecule has 1 aliphatic heterocycles. The molecule has 3 nitrogen and oxygen atoms in total. The van der Waals surface area contributed by atoms with E-state index in [1.807, 2.05) is 6.07 Å². The maximum atomic E-state index is 5.58. The van der Waals surface area contributed by atoms with Gasteiger partial charge in [-0.2, -0.15) is 0 Å². The van der Waals surface area contributed by atoms with Gasteiger partial charge < -0.3 is 14.2 Å². The summed E-state index contributed by atoms with van der Waals surface area (Å²) in [6, 6.07) is 4.09. The van der Waals surface area contributed by atoms with Crippen molar-refractivity contribution in [1.82, 2.24) is 0 Å². The van der Waals surface area contributed by atoms with Crippen molar-refractivity contribution < 1.29 is 14.2 Å². The lowest BCUT2D eigenvalue weighted by Gasteiger charge is -2.21. The number of benzene rings is 1. The summed E-state index contributed by atoms with van der Waals surface area (Å²) >= 11 is 0. The van der Waals surface area contributed by atoms with Crippen LogP contribution in [-0.4, -0.2) is 20.3 Å². The summed E-state index contributed by atoms with van der Waals surface area (Å²) in [5.41, 5.74) is 1.23. The summed E-state index contributed by atoms with van der Waals surface area (Å²) in [6.07, 6.45) is 1.02. The Bertz CT molecular complexity index is 354. The van der Waals surface area contributed by atoms with Crippen LogP contribution in [0.1, 0.15) is 19.4 Å². The monoisotopic (exact) mass is 222 g/mol. The van der Waals surface area contributed by atoms with Gasteiger partial charge in [-0.05, 0) is 30.0 Å². The Hall–Kier alpha value is -1.38. The van der Waals surface area contributed by atoms with Gasteiger partial charge in [0.25, 0.3) is 0 Å². The molecule has 1 heterocycles. The van der Waals surface area contributed by atoms with Gasteiger partial charge >= 0.3 is 0 Å². The molecule has 1 aliphatic rings. The van der Waals surface area contributed by atoms with Crippen LogP contribution in [0.4, 0.5) is 0 Å². The molecule has 16 heavy (non-hydrogen) atoms. The molecule has 2 rings (SSSR count). The van der Waals surface area contributed by atoms with Gasteiger partial charge in [-0.1, -0.05) is 13.8 Å². The lowest BCUT2D eigenvalue weighted by molar-refractivity contribution is 0.165. The van der Waals surface area contributed by atoms with E-state index in [0.717, 1.165) is 23.7 Å². The molecule has 0 N–H and O–H groups in total. The van der Waals surface area contributed by atoms with Crippen LogP contribution >= 0.6 is 0 Å². The number of methoxy groups -OCH3 is 1. The van der Waals surface area contributed by atoms with Crippen LogP contribution in [0.3, 0.4) is 0 Å². The molecule has 0 fully saturated rings. The van der Waals surface area contributed by atoms with Crippen molar-refractivity contribution in [3.05, 3.63) is 17.7 Å². The fraction of sp³-hybridized carbons (Fsp3) is 0.538. The predicted molar refractivity (Wildman–Crippen MR) is 62.5 cm³/mol. The fourth-order valence-corrected chi connectivity index (χ4v) is 1.92. The van der Waals surface area contributed by atoms with E-state index in [-0.39, 0.29) is 0 Å². The molecule has 0 aliphatic carbocycles. The van der Waals surface area contributed by atoms with E-state index in [2.05, 4.69) is 19.9 Å². The van der Waals surface area contributed by atoms with E-state index in [4.69, 9.17) is 14.2 Å². The third kappa shape index (κ3) is 2.23. The molecule has 3 heteroatoms. The van der Waals surface area contributed by atoms with E-state index in [1.165, 1.54) is 5.56 Å². The number of rotatable bonds is 3. The van der Waals surface area contributed by atoms with Crippen molar-refractivity contribution in [2.75, 3.05) is 20.3 Å². The molecule has 0 saturated heterocycles. The fourth-order valence-electron chi connectivity index (χ4n) is 1.92. The molecule has 0 spiro atoms. The SMILES string of the molecule is COc1cc(CC(C)C)cc2c1OCCO2. The smallest absolute Gasteiger partial charge is 0.203 e. The summed E-state index contributed by atoms with van der Waals surface area (Å²) in [5.74, 6) is 2.93. The third-order valence-corrected chi connectivity index (χ3v) is 2.53. The van der Waals surface area contributed by atoms with E-state index < -0.39 is 0 Å². The van der Waals surface area contributed by atoms with Gasteiger partial charge in [-0.25, -0.2) is 0 Å². The number of hydrogen-bond donors (Lipinski definition) is 0. The Kier molecular flexibility index (Phi) is 3.22. The first-order chi connectivity index (χ1) is 7.70. The van der Waals surface area contributed by atoms with Crippen LogP contribution in [0.15, 0.2) is 12.1 Å². The average molecular weight is 222 g/mol. The average Bonchev–Trinajstić information content (AvgIpc) is 2.27. The van der Waals surface area contributed by atoms with Gasteiger partial charge in [0, 0.05) is 0 Å². The third-order valence-electron chi connectivity index (χ3n) is 2.53. The lowest BCUT2D eigenvalue weighted by Crippen LogP contribution is -2.16. The minimum Gasteiger partial charge on any atom is -0.493 e. The van der Waals surface area contributed by atoms with Gasteiger partial charge in [0.15, 0.2) is 11.5 Å². The summed E-state index contributed by atoms with van der Waals surface area (Å²) in [5, 5.41) is 0. The molecule has 0 radical (unpaired) electrons. The quantitative estimate of drug-likeness (QED) is 0.787. The standard InChI is InChI=1S/C13H18O3/c1-9(2)6-10-7-11(14-3)13-12(8-10)15-4-5-16-13/h7-9H,4-6H2,1-3H3. The molecule has 0 amide bonds. The normalized spacial score (nSPS) is 14.0. The van der Waals surface area contributed by atoms with Crippen molar-refractivity contribution in [2.45, 2.75) is 20.3 Å². The predicted octanol–water partition coefficient (Wildman–Crippen LogP) is 2.66. The van der Waals surface area contributed by atoms with E-state index in [9.17, 15) is 0 Å². The molecule has 1 aromatic rings. The summed E-state index contributed by atoms with van der Waals surface area (Å²) in [7, 11) is 1.66. The first kappa shape index (κ1) is 11.1. The van der Waals surface area contributed by atoms with Crippen molar-refractivity contribution in [3.63, 3.8) is 0 Å². The minimum atomic E-state index is 0.590. The Balaban J connectivity index is 2.35. The summed E-state index contributed by atoms with van der Waals surface area (Å²) < 4.78 is 16.5. The summed E-state index contributed by atoms with van der Waals surface area (Å²) in [4.78, 5) is 0. The van der Waals surface area contributed by atoms with Crippen LogP contribution < -0.4 is 14.2 Å². The van der Waals surface area contributed by atoms with Gasteiger partial charge in [-0.15, -0.1) is 0 Å². The molecule has 0 unspecified atom stereocenters. The van der Waals surface area contributed by atoms with Crippen molar-refractivity contribution in [2.24, 2.45) is 5.92 Å². The van der Waals surface area contributed by atoms with Crippen molar-refractivity contribution >= 4 is 0 Å². The van der Waals surface area contributed by atoms with Crippen LogP contribution in [0.25, 0.3) is 0 Å². The second kappa shape index (κ2) is 4.64. The second-order valence-electron chi connectivity index (χ2n) is 4.42. The summed E-state index contributed by atoms with van der Waals surface area (Å²) in [6.45, 7) is 5.60. The Labute approximate surface area is 96.3 Å². The Morgan fingerprint density at radius 2 is 2.00 bits per heavy atom. The van der Waals surface area contributed by atoms with Crippen LogP contribution in [0.5, 0.6) is 17.2 Å². The molecule has 0 aromatic heterocycles. The Morgan fingerprint density at radius 1 is 1.25 bits per heavy atom. The molecule has 0 atom stereocenters. The largest absolute Gasteiger partial charge is 0.493 e. The molecule has 88 valence electrons. The van der Waals surface area contributed by atoms with Gasteiger partial charge in [0.1, 0.15) is 13.2 Å². The minimum absolute atomic E-state index is 0.590. The van der Waals surface area contributed by atoms with Crippen molar-refractivity contribution in [1.29, 1.82) is 0 Å². The Morgan fingerprint density at radius 3 is 2.69 bits per heavy atom. The highest BCUT2D eigenvalue weighted by molar-refractivity contribution is 5.54. The van der Waals surface area contributed by atoms with Gasteiger partial charge in [-0.3, -0.25) is 0 Å².